The van der Waals surface area contributed by atoms with Gasteiger partial charge in [-0.15, -0.1) is 0 Å². The third-order valence-corrected chi connectivity index (χ3v) is 6.09. The van der Waals surface area contributed by atoms with E-state index in [9.17, 15) is 0 Å². The molecule has 142 valence electrons. The molecule has 2 aromatic carbocycles. The summed E-state index contributed by atoms with van der Waals surface area (Å²) < 4.78 is 23.2. The molecule has 5 heteroatoms. The monoisotopic (exact) mass is 367 g/mol. The van der Waals surface area contributed by atoms with Crippen LogP contribution >= 0.6 is 0 Å². The maximum atomic E-state index is 6.59. The number of benzene rings is 2. The summed E-state index contributed by atoms with van der Waals surface area (Å²) >= 11 is 0. The molecule has 2 atom stereocenters. The van der Waals surface area contributed by atoms with Gasteiger partial charge in [-0.2, -0.15) is 0 Å². The summed E-state index contributed by atoms with van der Waals surface area (Å²) in [5, 5.41) is 0. The topological polar surface area (TPSA) is 40.2 Å². The molecule has 5 rings (SSSR count). The van der Waals surface area contributed by atoms with Gasteiger partial charge in [-0.3, -0.25) is 4.90 Å². The van der Waals surface area contributed by atoms with Gasteiger partial charge in [-0.1, -0.05) is 12.1 Å². The molecule has 3 aliphatic heterocycles. The van der Waals surface area contributed by atoms with Crippen LogP contribution in [-0.2, 0) is 0 Å². The van der Waals surface area contributed by atoms with Crippen LogP contribution in [0.25, 0.3) is 0 Å². The standard InChI is InChI=1S/C22H25NO4/c1-22(23-9-3-4-10-23)13-18(15-5-7-16(24-2)8-6-15)17-11-20-21(26-14-25-20)12-19(17)27-22/h5-8,11-12,18H,3-4,9-10,13-14H2,1-2H3/t18-,22+/m1/s1. The summed E-state index contributed by atoms with van der Waals surface area (Å²) in [6, 6.07) is 12.5. The van der Waals surface area contributed by atoms with Gasteiger partial charge in [0, 0.05) is 37.1 Å². The van der Waals surface area contributed by atoms with Crippen molar-refractivity contribution < 1.29 is 18.9 Å². The van der Waals surface area contributed by atoms with Crippen molar-refractivity contribution in [3.05, 3.63) is 47.5 Å². The van der Waals surface area contributed by atoms with Crippen molar-refractivity contribution in [1.29, 1.82) is 0 Å². The van der Waals surface area contributed by atoms with E-state index < -0.39 is 0 Å². The van der Waals surface area contributed by atoms with Crippen LogP contribution in [-0.4, -0.2) is 37.6 Å². The zero-order chi connectivity index (χ0) is 18.4. The molecule has 5 nitrogen and oxygen atoms in total. The Balaban J connectivity index is 1.59. The second kappa shape index (κ2) is 6.34. The molecule has 1 fully saturated rings. The molecular weight excluding hydrogens is 342 g/mol. The normalized spacial score (nSPS) is 26.5. The minimum atomic E-state index is -0.318. The summed E-state index contributed by atoms with van der Waals surface area (Å²) in [7, 11) is 1.70. The molecule has 27 heavy (non-hydrogen) atoms. The highest BCUT2D eigenvalue weighted by Gasteiger charge is 2.44. The summed E-state index contributed by atoms with van der Waals surface area (Å²) in [4.78, 5) is 2.48. The maximum Gasteiger partial charge on any atom is 0.231 e. The van der Waals surface area contributed by atoms with Gasteiger partial charge in [0.1, 0.15) is 11.5 Å². The van der Waals surface area contributed by atoms with Gasteiger partial charge in [-0.25, -0.2) is 0 Å². The van der Waals surface area contributed by atoms with Crippen LogP contribution < -0.4 is 18.9 Å². The molecular formula is C22H25NO4. The molecule has 1 saturated heterocycles. The zero-order valence-corrected chi connectivity index (χ0v) is 15.9. The maximum absolute atomic E-state index is 6.59. The lowest BCUT2D eigenvalue weighted by molar-refractivity contribution is -0.0768. The molecule has 0 radical (unpaired) electrons. The SMILES string of the molecule is COc1ccc([C@H]2C[C@@](C)(N3CCCC3)Oc3cc4c(cc32)OCO4)cc1. The Labute approximate surface area is 159 Å². The fraction of sp³-hybridized carbons (Fsp3) is 0.455. The molecule has 0 spiro atoms. The summed E-state index contributed by atoms with van der Waals surface area (Å²) in [5.74, 6) is 3.59. The fourth-order valence-electron chi connectivity index (χ4n) is 4.58. The highest BCUT2D eigenvalue weighted by molar-refractivity contribution is 5.56. The minimum absolute atomic E-state index is 0.236. The van der Waals surface area contributed by atoms with Crippen LogP contribution in [0, 0.1) is 0 Å². The van der Waals surface area contributed by atoms with Gasteiger partial charge in [0.2, 0.25) is 6.79 Å². The van der Waals surface area contributed by atoms with E-state index in [-0.39, 0.29) is 18.4 Å². The largest absolute Gasteiger partial charge is 0.497 e. The fourth-order valence-corrected chi connectivity index (χ4v) is 4.58. The Morgan fingerprint density at radius 1 is 1.00 bits per heavy atom. The average Bonchev–Trinajstić information content (AvgIpc) is 3.38. The highest BCUT2D eigenvalue weighted by Crippen LogP contribution is 2.50. The number of methoxy groups -OCH3 is 1. The number of nitrogens with zero attached hydrogens (tertiary/aromatic N) is 1. The van der Waals surface area contributed by atoms with Gasteiger partial charge in [0.05, 0.1) is 7.11 Å². The second-order valence-electron chi connectivity index (χ2n) is 7.74. The Bertz CT molecular complexity index is 844. The molecule has 0 N–H and O–H groups in total. The lowest BCUT2D eigenvalue weighted by atomic mass is 9.81. The number of rotatable bonds is 3. The van der Waals surface area contributed by atoms with Gasteiger partial charge in [-0.05, 0) is 43.5 Å². The number of ether oxygens (including phenoxy) is 4. The van der Waals surface area contributed by atoms with Crippen LogP contribution in [0.15, 0.2) is 36.4 Å². The second-order valence-corrected chi connectivity index (χ2v) is 7.74. The summed E-state index contributed by atoms with van der Waals surface area (Å²) in [5.41, 5.74) is 2.12. The summed E-state index contributed by atoms with van der Waals surface area (Å²) in [6.07, 6.45) is 3.38. The Morgan fingerprint density at radius 2 is 1.70 bits per heavy atom. The quantitative estimate of drug-likeness (QED) is 0.815. The first-order chi connectivity index (χ1) is 13.2. The first-order valence-electron chi connectivity index (χ1n) is 9.68. The van der Waals surface area contributed by atoms with Crippen molar-refractivity contribution in [2.24, 2.45) is 0 Å². The molecule has 3 heterocycles. The number of hydrogen-bond donors (Lipinski definition) is 0. The van der Waals surface area contributed by atoms with Crippen LogP contribution in [0.2, 0.25) is 0 Å². The zero-order valence-electron chi connectivity index (χ0n) is 15.9. The minimum Gasteiger partial charge on any atom is -0.497 e. The lowest BCUT2D eigenvalue weighted by Gasteiger charge is -2.45. The van der Waals surface area contributed by atoms with Crippen LogP contribution in [0.3, 0.4) is 0 Å². The lowest BCUT2D eigenvalue weighted by Crippen LogP contribution is -2.52. The van der Waals surface area contributed by atoms with Crippen molar-refractivity contribution in [3.8, 4) is 23.0 Å². The van der Waals surface area contributed by atoms with Crippen LogP contribution in [0.1, 0.15) is 43.2 Å². The molecule has 0 unspecified atom stereocenters. The third-order valence-electron chi connectivity index (χ3n) is 6.09. The van der Waals surface area contributed by atoms with E-state index in [1.165, 1.54) is 24.0 Å². The van der Waals surface area contributed by atoms with Gasteiger partial charge >= 0.3 is 0 Å². The molecule has 3 aliphatic rings. The first-order valence-corrected chi connectivity index (χ1v) is 9.68. The van der Waals surface area contributed by atoms with Crippen molar-refractivity contribution in [3.63, 3.8) is 0 Å². The van der Waals surface area contributed by atoms with Gasteiger partial charge < -0.3 is 18.9 Å². The van der Waals surface area contributed by atoms with Gasteiger partial charge in [0.15, 0.2) is 17.2 Å². The molecule has 2 aromatic rings. The van der Waals surface area contributed by atoms with E-state index in [1.807, 2.05) is 18.2 Å². The van der Waals surface area contributed by atoms with E-state index in [2.05, 4.69) is 30.0 Å². The van der Waals surface area contributed by atoms with E-state index in [1.54, 1.807) is 7.11 Å². The predicted octanol–water partition coefficient (Wildman–Crippen LogP) is 4.15. The van der Waals surface area contributed by atoms with E-state index in [4.69, 9.17) is 18.9 Å². The Hall–Kier alpha value is -2.40. The molecule has 0 aliphatic carbocycles. The average molecular weight is 367 g/mol. The van der Waals surface area contributed by atoms with E-state index >= 15 is 0 Å². The number of hydrogen-bond acceptors (Lipinski definition) is 5. The van der Waals surface area contributed by atoms with Crippen molar-refractivity contribution in [2.75, 3.05) is 27.0 Å². The van der Waals surface area contributed by atoms with Crippen LogP contribution in [0.5, 0.6) is 23.0 Å². The first kappa shape index (κ1) is 16.8. The Morgan fingerprint density at radius 3 is 2.41 bits per heavy atom. The van der Waals surface area contributed by atoms with Crippen LogP contribution in [0.4, 0.5) is 0 Å². The number of likely N-dealkylation sites (tertiary alicyclic amines) is 1. The highest BCUT2D eigenvalue weighted by atomic mass is 16.7. The smallest absolute Gasteiger partial charge is 0.231 e. The van der Waals surface area contributed by atoms with Gasteiger partial charge in [0.25, 0.3) is 0 Å². The van der Waals surface area contributed by atoms with Crippen molar-refractivity contribution in [1.82, 2.24) is 4.90 Å². The summed E-state index contributed by atoms with van der Waals surface area (Å²) in [6.45, 7) is 4.68. The molecule has 0 bridgehead atoms. The molecule has 0 aromatic heterocycles. The van der Waals surface area contributed by atoms with E-state index in [0.717, 1.165) is 42.5 Å². The number of fused-ring (bicyclic) bond motifs is 2. The van der Waals surface area contributed by atoms with E-state index in [0.29, 0.717) is 0 Å². The molecule has 0 amide bonds. The predicted molar refractivity (Wildman–Crippen MR) is 102 cm³/mol. The Kier molecular flexibility index (Phi) is 3.93. The van der Waals surface area contributed by atoms with Crippen molar-refractivity contribution in [2.45, 2.75) is 37.8 Å². The van der Waals surface area contributed by atoms with Crippen molar-refractivity contribution >= 4 is 0 Å². The third kappa shape index (κ3) is 2.81. The molecule has 0 saturated carbocycles.